The number of anilines is 2. The minimum absolute atomic E-state index is 0.0717. The molecule has 0 atom stereocenters. The molecule has 5 aromatic rings. The largest absolute Gasteiger partial charge is 0.311 e. The second-order valence-corrected chi connectivity index (χ2v) is 17.0. The van der Waals surface area contributed by atoms with Crippen molar-refractivity contribution in [2.75, 3.05) is 4.90 Å². The maximum Gasteiger partial charge on any atom is 0.0464 e. The monoisotopic (exact) mass is 699 g/mol. The molecule has 54 heavy (non-hydrogen) atoms. The highest BCUT2D eigenvalue weighted by atomic mass is 15.1. The van der Waals surface area contributed by atoms with Crippen molar-refractivity contribution in [3.8, 4) is 22.3 Å². The molecule has 0 N–H and O–H groups in total. The SMILES string of the molecule is C=C1/C(=C\C2=C(C)C(C)(C)c3cccc(-c4ccccc4)c32)C(C)(C)c2cc(N(C3=CCC=CC=C3)c3ccc4c(c3)C(C)(C)c3ccccc3-4)ccc21. The fourth-order valence-electron chi connectivity index (χ4n) is 9.67. The Labute approximate surface area is 322 Å². The van der Waals surface area contributed by atoms with Crippen LogP contribution in [0.3, 0.4) is 0 Å². The van der Waals surface area contributed by atoms with Gasteiger partial charge in [0.2, 0.25) is 0 Å². The number of allylic oxidation sites excluding steroid dienone is 10. The van der Waals surface area contributed by atoms with Crippen LogP contribution in [-0.2, 0) is 16.2 Å². The van der Waals surface area contributed by atoms with E-state index >= 15 is 0 Å². The van der Waals surface area contributed by atoms with E-state index in [0.717, 1.165) is 17.7 Å². The Hall–Kier alpha value is -5.66. The summed E-state index contributed by atoms with van der Waals surface area (Å²) in [7, 11) is 0. The van der Waals surface area contributed by atoms with E-state index < -0.39 is 0 Å². The van der Waals surface area contributed by atoms with Crippen LogP contribution in [0.5, 0.6) is 0 Å². The summed E-state index contributed by atoms with van der Waals surface area (Å²) in [6.45, 7) is 21.3. The van der Waals surface area contributed by atoms with E-state index in [4.69, 9.17) is 6.58 Å². The Bertz CT molecular complexity index is 2560. The average molecular weight is 700 g/mol. The summed E-state index contributed by atoms with van der Waals surface area (Å²) in [6, 6.07) is 40.7. The van der Waals surface area contributed by atoms with Crippen molar-refractivity contribution >= 4 is 22.5 Å². The van der Waals surface area contributed by atoms with Gasteiger partial charge in [-0.05, 0) is 122 Å². The van der Waals surface area contributed by atoms with Crippen LogP contribution in [0, 0.1) is 0 Å². The normalized spacial score (nSPS) is 19.0. The molecule has 0 radical (unpaired) electrons. The lowest BCUT2D eigenvalue weighted by molar-refractivity contribution is 0.639. The second kappa shape index (κ2) is 12.2. The molecule has 1 nitrogen and oxygen atoms in total. The molecule has 0 aliphatic heterocycles. The number of nitrogens with zero attached hydrogens (tertiary/aromatic N) is 1. The first-order valence-electron chi connectivity index (χ1n) is 19.5. The summed E-state index contributed by atoms with van der Waals surface area (Å²) in [4.78, 5) is 2.46. The third-order valence-electron chi connectivity index (χ3n) is 13.0. The van der Waals surface area contributed by atoms with E-state index in [1.165, 1.54) is 83.7 Å². The summed E-state index contributed by atoms with van der Waals surface area (Å²) < 4.78 is 0. The van der Waals surface area contributed by atoms with Crippen molar-refractivity contribution in [1.82, 2.24) is 0 Å². The first kappa shape index (κ1) is 34.1. The highest BCUT2D eigenvalue weighted by Gasteiger charge is 2.41. The topological polar surface area (TPSA) is 3.24 Å². The van der Waals surface area contributed by atoms with Crippen molar-refractivity contribution < 1.29 is 0 Å². The van der Waals surface area contributed by atoms with Gasteiger partial charge >= 0.3 is 0 Å². The average Bonchev–Trinajstić information content (AvgIpc) is 3.44. The van der Waals surface area contributed by atoms with Gasteiger partial charge in [0.25, 0.3) is 0 Å². The Morgan fingerprint density at radius 3 is 1.98 bits per heavy atom. The molecule has 0 saturated heterocycles. The molecule has 4 aliphatic rings. The molecule has 1 heteroatoms. The molecular formula is C53H49N. The molecule has 266 valence electrons. The van der Waals surface area contributed by atoms with E-state index in [1.54, 1.807) is 0 Å². The lowest BCUT2D eigenvalue weighted by Crippen LogP contribution is -2.20. The van der Waals surface area contributed by atoms with Gasteiger partial charge in [-0.2, -0.15) is 0 Å². The smallest absolute Gasteiger partial charge is 0.0464 e. The van der Waals surface area contributed by atoms with Crippen LogP contribution in [-0.4, -0.2) is 0 Å². The molecule has 0 spiro atoms. The summed E-state index contributed by atoms with van der Waals surface area (Å²) >= 11 is 0. The van der Waals surface area contributed by atoms with Crippen molar-refractivity contribution in [2.45, 2.75) is 71.1 Å². The second-order valence-electron chi connectivity index (χ2n) is 17.0. The number of hydrogen-bond acceptors (Lipinski definition) is 1. The van der Waals surface area contributed by atoms with Gasteiger partial charge in [-0.3, -0.25) is 0 Å². The maximum absolute atomic E-state index is 4.79. The molecule has 5 aromatic carbocycles. The number of rotatable bonds is 5. The van der Waals surface area contributed by atoms with E-state index in [9.17, 15) is 0 Å². The van der Waals surface area contributed by atoms with Gasteiger partial charge in [-0.1, -0.05) is 163 Å². The Morgan fingerprint density at radius 1 is 0.593 bits per heavy atom. The van der Waals surface area contributed by atoms with E-state index in [1.807, 2.05) is 0 Å². The van der Waals surface area contributed by atoms with Gasteiger partial charge < -0.3 is 4.90 Å². The maximum atomic E-state index is 4.79. The third kappa shape index (κ3) is 4.98. The first-order chi connectivity index (χ1) is 25.9. The number of hydrogen-bond donors (Lipinski definition) is 0. The fraction of sp³-hybridized carbons (Fsp3) is 0.208. The number of benzene rings is 5. The van der Waals surface area contributed by atoms with E-state index in [2.05, 4.69) is 199 Å². The molecule has 0 heterocycles. The van der Waals surface area contributed by atoms with Crippen molar-refractivity contribution in [3.05, 3.63) is 202 Å². The van der Waals surface area contributed by atoms with Crippen LogP contribution in [0.15, 0.2) is 169 Å². The molecule has 0 unspecified atom stereocenters. The zero-order chi connectivity index (χ0) is 37.6. The lowest BCUT2D eigenvalue weighted by atomic mass is 9.80. The molecule has 0 amide bonds. The minimum Gasteiger partial charge on any atom is -0.311 e. The summed E-state index contributed by atoms with van der Waals surface area (Å²) in [5.41, 5.74) is 21.6. The molecule has 4 aliphatic carbocycles. The molecule has 0 bridgehead atoms. The fourth-order valence-corrected chi connectivity index (χ4v) is 9.67. The quantitative estimate of drug-likeness (QED) is 0.176. The zero-order valence-electron chi connectivity index (χ0n) is 32.7. The lowest BCUT2D eigenvalue weighted by Gasteiger charge is -2.30. The summed E-state index contributed by atoms with van der Waals surface area (Å²) in [5, 5.41) is 0. The highest BCUT2D eigenvalue weighted by Crippen LogP contribution is 2.56. The van der Waals surface area contributed by atoms with Gasteiger partial charge in [0, 0.05) is 33.3 Å². The molecule has 9 rings (SSSR count). The zero-order valence-corrected chi connectivity index (χ0v) is 32.7. The standard InChI is InChI=1S/C53H49N/c1-34-40-29-27-38(54(37-21-14-9-10-15-22-37)39-28-30-43-42-23-16-17-25-45(42)52(5,6)49(43)32-39)31-48(40)53(7,8)47(34)33-44-35(2)51(3,4)46-26-18-24-41(50(44)46)36-19-12-11-13-20-36/h9-14,16-33H,1,15H2,2-8H3/b47-33+. The summed E-state index contributed by atoms with van der Waals surface area (Å²) in [5.74, 6) is 0. The van der Waals surface area contributed by atoms with Crippen molar-refractivity contribution in [2.24, 2.45) is 0 Å². The third-order valence-corrected chi connectivity index (χ3v) is 13.0. The van der Waals surface area contributed by atoms with Gasteiger partial charge in [0.15, 0.2) is 0 Å². The molecule has 0 aromatic heterocycles. The molecular weight excluding hydrogens is 651 g/mol. The molecule has 0 fully saturated rings. The first-order valence-corrected chi connectivity index (χ1v) is 19.5. The van der Waals surface area contributed by atoms with E-state index in [0.29, 0.717) is 0 Å². The minimum atomic E-state index is -0.257. The van der Waals surface area contributed by atoms with Crippen LogP contribution in [0.4, 0.5) is 11.4 Å². The Morgan fingerprint density at radius 2 is 1.22 bits per heavy atom. The van der Waals surface area contributed by atoms with Crippen molar-refractivity contribution in [1.29, 1.82) is 0 Å². The van der Waals surface area contributed by atoms with Gasteiger partial charge in [-0.25, -0.2) is 0 Å². The number of fused-ring (bicyclic) bond motifs is 5. The predicted octanol–water partition coefficient (Wildman–Crippen LogP) is 14.2. The van der Waals surface area contributed by atoms with Crippen LogP contribution >= 0.6 is 0 Å². The van der Waals surface area contributed by atoms with Crippen LogP contribution in [0.1, 0.15) is 88.3 Å². The van der Waals surface area contributed by atoms with E-state index in [-0.39, 0.29) is 16.2 Å². The van der Waals surface area contributed by atoms with Crippen molar-refractivity contribution in [3.63, 3.8) is 0 Å². The van der Waals surface area contributed by atoms with Gasteiger partial charge in [0.05, 0.1) is 0 Å². The summed E-state index contributed by atoms with van der Waals surface area (Å²) in [6.07, 6.45) is 14.5. The predicted molar refractivity (Wildman–Crippen MR) is 231 cm³/mol. The molecule has 0 saturated carbocycles. The van der Waals surface area contributed by atoms with Crippen LogP contribution < -0.4 is 4.90 Å². The Balaban J connectivity index is 1.17. The van der Waals surface area contributed by atoms with Gasteiger partial charge in [-0.15, -0.1) is 0 Å². The van der Waals surface area contributed by atoms with Gasteiger partial charge in [0.1, 0.15) is 0 Å². The highest BCUT2D eigenvalue weighted by molar-refractivity contribution is 5.99. The van der Waals surface area contributed by atoms with Crippen LogP contribution in [0.25, 0.3) is 33.4 Å². The Kier molecular flexibility index (Phi) is 7.70. The van der Waals surface area contributed by atoms with Crippen LogP contribution in [0.2, 0.25) is 0 Å².